The van der Waals surface area contributed by atoms with Crippen LogP contribution in [0.1, 0.15) is 41.0 Å². The van der Waals surface area contributed by atoms with Gasteiger partial charge >= 0.3 is 0 Å². The van der Waals surface area contributed by atoms with Crippen LogP contribution in [-0.4, -0.2) is 41.4 Å². The number of ether oxygens (including phenoxy) is 1. The number of nitrogens with zero attached hydrogens (tertiary/aromatic N) is 3. The molecule has 0 atom stereocenters. The fraction of sp³-hybridized carbons (Fsp3) is 0.304. The van der Waals surface area contributed by atoms with Gasteiger partial charge in [-0.1, -0.05) is 19.1 Å². The lowest BCUT2D eigenvalue weighted by Crippen LogP contribution is -2.26. The summed E-state index contributed by atoms with van der Waals surface area (Å²) in [6, 6.07) is 12.5. The molecule has 0 saturated carbocycles. The van der Waals surface area contributed by atoms with Crippen molar-refractivity contribution in [2.45, 2.75) is 38.8 Å². The zero-order valence-electron chi connectivity index (χ0n) is 17.8. The summed E-state index contributed by atoms with van der Waals surface area (Å²) in [5.41, 5.74) is 4.20. The Labute approximate surface area is 182 Å². The highest BCUT2D eigenvalue weighted by molar-refractivity contribution is 7.91. The number of carbonyl (C=O) groups is 1. The van der Waals surface area contributed by atoms with Gasteiger partial charge in [0.1, 0.15) is 5.75 Å². The molecule has 2 heterocycles. The average molecular weight is 440 g/mol. The average Bonchev–Trinajstić information content (AvgIpc) is 3.33. The summed E-state index contributed by atoms with van der Waals surface area (Å²) in [7, 11) is -3.43. The summed E-state index contributed by atoms with van der Waals surface area (Å²) in [4.78, 5) is 15.1. The van der Waals surface area contributed by atoms with E-state index in [1.165, 1.54) is 12.1 Å². The topological polar surface area (TPSA) is 81.5 Å². The van der Waals surface area contributed by atoms with Gasteiger partial charge in [0.05, 0.1) is 40.7 Å². The van der Waals surface area contributed by atoms with E-state index < -0.39 is 9.84 Å². The lowest BCUT2D eigenvalue weighted by Gasteiger charge is -2.19. The molecule has 4 rings (SSSR count). The smallest absolute Gasteiger partial charge is 0.258 e. The van der Waals surface area contributed by atoms with Gasteiger partial charge < -0.3 is 9.64 Å². The Bertz CT molecular complexity index is 1220. The van der Waals surface area contributed by atoms with Crippen LogP contribution in [0.25, 0.3) is 5.69 Å². The standard InChI is InChI=1S/C23H25N3O4S/c1-4-30-22-10-9-19(31(28,29)5-2)12-20(22)23(27)25-13-17-14-26(24-21(17)15-25)18-8-6-7-16(3)11-18/h6-12,14H,4-5,13,15H2,1-3H3. The summed E-state index contributed by atoms with van der Waals surface area (Å²) in [5, 5.41) is 4.65. The van der Waals surface area contributed by atoms with E-state index in [-0.39, 0.29) is 22.1 Å². The first kappa shape index (κ1) is 21.1. The monoisotopic (exact) mass is 439 g/mol. The fourth-order valence-electron chi connectivity index (χ4n) is 3.69. The Morgan fingerprint density at radius 1 is 1.13 bits per heavy atom. The third kappa shape index (κ3) is 4.07. The summed E-state index contributed by atoms with van der Waals surface area (Å²) >= 11 is 0. The van der Waals surface area contributed by atoms with Crippen LogP contribution < -0.4 is 4.74 Å². The largest absolute Gasteiger partial charge is 0.493 e. The molecule has 0 aliphatic carbocycles. The molecular formula is C23H25N3O4S. The number of hydrogen-bond acceptors (Lipinski definition) is 5. The van der Waals surface area contributed by atoms with Crippen molar-refractivity contribution in [3.8, 4) is 11.4 Å². The van der Waals surface area contributed by atoms with E-state index in [9.17, 15) is 13.2 Å². The van der Waals surface area contributed by atoms with Crippen LogP contribution in [-0.2, 0) is 22.9 Å². The van der Waals surface area contributed by atoms with Crippen molar-refractivity contribution in [1.82, 2.24) is 14.7 Å². The lowest BCUT2D eigenvalue weighted by molar-refractivity contribution is 0.0744. The predicted molar refractivity (Wildman–Crippen MR) is 117 cm³/mol. The molecule has 0 radical (unpaired) electrons. The van der Waals surface area contributed by atoms with Crippen molar-refractivity contribution in [2.75, 3.05) is 12.4 Å². The molecular weight excluding hydrogens is 414 g/mol. The van der Waals surface area contributed by atoms with Crippen molar-refractivity contribution in [3.63, 3.8) is 0 Å². The summed E-state index contributed by atoms with van der Waals surface area (Å²) in [6.45, 7) is 6.59. The SMILES string of the molecule is CCOc1ccc(S(=O)(=O)CC)cc1C(=O)N1Cc2cn(-c3cccc(C)c3)nc2C1. The van der Waals surface area contributed by atoms with E-state index in [0.717, 1.165) is 22.5 Å². The van der Waals surface area contributed by atoms with Gasteiger partial charge in [-0.05, 0) is 49.7 Å². The molecule has 1 aliphatic rings. The maximum Gasteiger partial charge on any atom is 0.258 e. The van der Waals surface area contributed by atoms with Crippen molar-refractivity contribution in [3.05, 3.63) is 71.0 Å². The molecule has 1 aliphatic heterocycles. The van der Waals surface area contributed by atoms with Crippen LogP contribution in [0, 0.1) is 6.92 Å². The first-order valence-corrected chi connectivity index (χ1v) is 11.9. The molecule has 162 valence electrons. The number of fused-ring (bicyclic) bond motifs is 1. The van der Waals surface area contributed by atoms with Gasteiger partial charge in [0.15, 0.2) is 9.84 Å². The minimum absolute atomic E-state index is 0.0309. The number of hydrogen-bond donors (Lipinski definition) is 0. The van der Waals surface area contributed by atoms with Crippen LogP contribution in [0.3, 0.4) is 0 Å². The second kappa shape index (κ2) is 8.19. The van der Waals surface area contributed by atoms with Crippen molar-refractivity contribution >= 4 is 15.7 Å². The number of rotatable bonds is 6. The maximum absolute atomic E-state index is 13.3. The Morgan fingerprint density at radius 2 is 1.94 bits per heavy atom. The Hall–Kier alpha value is -3.13. The van der Waals surface area contributed by atoms with Gasteiger partial charge in [-0.3, -0.25) is 4.79 Å². The second-order valence-electron chi connectivity index (χ2n) is 7.54. The van der Waals surface area contributed by atoms with Crippen LogP contribution in [0.15, 0.2) is 53.6 Å². The van der Waals surface area contributed by atoms with Gasteiger partial charge in [0, 0.05) is 18.3 Å². The van der Waals surface area contributed by atoms with E-state index in [4.69, 9.17) is 4.74 Å². The number of sulfone groups is 1. The highest BCUT2D eigenvalue weighted by Crippen LogP contribution is 2.29. The van der Waals surface area contributed by atoms with Gasteiger partial charge in [-0.15, -0.1) is 0 Å². The molecule has 0 spiro atoms. The van der Waals surface area contributed by atoms with Crippen molar-refractivity contribution < 1.29 is 17.9 Å². The molecule has 7 nitrogen and oxygen atoms in total. The molecule has 0 unspecified atom stereocenters. The highest BCUT2D eigenvalue weighted by atomic mass is 32.2. The second-order valence-corrected chi connectivity index (χ2v) is 9.82. The first-order valence-electron chi connectivity index (χ1n) is 10.3. The third-order valence-corrected chi connectivity index (χ3v) is 7.09. The summed E-state index contributed by atoms with van der Waals surface area (Å²) in [5.74, 6) is 0.0882. The summed E-state index contributed by atoms with van der Waals surface area (Å²) < 4.78 is 32.1. The number of aromatic nitrogens is 2. The van der Waals surface area contributed by atoms with Gasteiger partial charge in [-0.2, -0.15) is 5.10 Å². The van der Waals surface area contributed by atoms with E-state index in [1.54, 1.807) is 17.9 Å². The maximum atomic E-state index is 13.3. The molecule has 3 aromatic rings. The lowest BCUT2D eigenvalue weighted by atomic mass is 10.1. The quantitative estimate of drug-likeness (QED) is 0.587. The number of aryl methyl sites for hydroxylation is 1. The van der Waals surface area contributed by atoms with Crippen LogP contribution in [0.4, 0.5) is 0 Å². The van der Waals surface area contributed by atoms with E-state index >= 15 is 0 Å². The Morgan fingerprint density at radius 3 is 2.61 bits per heavy atom. The number of amides is 1. The number of benzene rings is 2. The number of carbonyl (C=O) groups excluding carboxylic acids is 1. The molecule has 0 N–H and O–H groups in total. The van der Waals surface area contributed by atoms with Gasteiger partial charge in [0.2, 0.25) is 0 Å². The van der Waals surface area contributed by atoms with E-state index in [0.29, 0.717) is 25.4 Å². The third-order valence-electron chi connectivity index (χ3n) is 5.35. The molecule has 8 heteroatoms. The van der Waals surface area contributed by atoms with Crippen molar-refractivity contribution in [2.24, 2.45) is 0 Å². The molecule has 31 heavy (non-hydrogen) atoms. The first-order chi connectivity index (χ1) is 14.8. The zero-order valence-corrected chi connectivity index (χ0v) is 18.6. The zero-order chi connectivity index (χ0) is 22.2. The molecule has 0 fully saturated rings. The Kier molecular flexibility index (Phi) is 5.58. The molecule has 1 amide bonds. The van der Waals surface area contributed by atoms with Crippen LogP contribution in [0.5, 0.6) is 5.75 Å². The normalized spacial score (nSPS) is 13.3. The molecule has 0 saturated heterocycles. The van der Waals surface area contributed by atoms with E-state index in [2.05, 4.69) is 11.2 Å². The fourth-order valence-corrected chi connectivity index (χ4v) is 4.59. The Balaban J connectivity index is 1.61. The van der Waals surface area contributed by atoms with Gasteiger partial charge in [0.25, 0.3) is 5.91 Å². The van der Waals surface area contributed by atoms with Gasteiger partial charge in [-0.25, -0.2) is 13.1 Å². The predicted octanol–water partition coefficient (Wildman–Crippen LogP) is 3.53. The summed E-state index contributed by atoms with van der Waals surface area (Å²) in [6.07, 6.45) is 1.94. The van der Waals surface area contributed by atoms with Crippen molar-refractivity contribution in [1.29, 1.82) is 0 Å². The molecule has 1 aromatic heterocycles. The van der Waals surface area contributed by atoms with Crippen LogP contribution in [0.2, 0.25) is 0 Å². The molecule has 0 bridgehead atoms. The minimum atomic E-state index is -3.43. The molecule has 2 aromatic carbocycles. The minimum Gasteiger partial charge on any atom is -0.493 e. The highest BCUT2D eigenvalue weighted by Gasteiger charge is 2.30. The van der Waals surface area contributed by atoms with Crippen LogP contribution >= 0.6 is 0 Å². The van der Waals surface area contributed by atoms with E-state index in [1.807, 2.05) is 42.9 Å².